The molecule has 0 saturated carbocycles. The first-order valence-electron chi connectivity index (χ1n) is 3.53. The second-order valence-electron chi connectivity index (χ2n) is 2.54. The maximum Gasteiger partial charge on any atom is 0.419 e. The summed E-state index contributed by atoms with van der Waals surface area (Å²) in [5, 5.41) is 8.69. The van der Waals surface area contributed by atoms with E-state index in [1.54, 1.807) is 0 Å². The quantitative estimate of drug-likeness (QED) is 0.779. The van der Waals surface area contributed by atoms with Crippen molar-refractivity contribution in [2.24, 2.45) is 0 Å². The van der Waals surface area contributed by atoms with Crippen molar-refractivity contribution < 1.29 is 22.7 Å². The molecule has 14 heavy (non-hydrogen) atoms. The van der Waals surface area contributed by atoms with Crippen LogP contribution >= 0.6 is 15.9 Å². The Kier molecular flexibility index (Phi) is 3.16. The van der Waals surface area contributed by atoms with Crippen LogP contribution in [0, 0.1) is 5.82 Å². The summed E-state index contributed by atoms with van der Waals surface area (Å²) in [5.74, 6) is -1.38. The molecule has 1 nitrogen and oxygen atoms in total. The molecule has 0 fully saturated rings. The van der Waals surface area contributed by atoms with E-state index in [0.29, 0.717) is 6.07 Å². The summed E-state index contributed by atoms with van der Waals surface area (Å²) in [6.07, 6.45) is -4.80. The lowest BCUT2D eigenvalue weighted by molar-refractivity contribution is -0.141. The van der Waals surface area contributed by atoms with Gasteiger partial charge in [-0.25, -0.2) is 4.39 Å². The number of aliphatic hydroxyl groups excluding tert-OH is 1. The van der Waals surface area contributed by atoms with E-state index in [-0.39, 0.29) is 4.47 Å². The molecule has 1 N–H and O–H groups in total. The summed E-state index contributed by atoms with van der Waals surface area (Å²) in [6.45, 7) is -0.868. The molecular formula is C8H5BrF4O. The van der Waals surface area contributed by atoms with Crippen LogP contribution < -0.4 is 0 Å². The molecule has 0 heterocycles. The number of hydrogen-bond acceptors (Lipinski definition) is 1. The second kappa shape index (κ2) is 3.86. The van der Waals surface area contributed by atoms with Gasteiger partial charge in [0.1, 0.15) is 5.82 Å². The Morgan fingerprint density at radius 3 is 2.21 bits per heavy atom. The molecule has 0 saturated heterocycles. The maximum absolute atomic E-state index is 12.9. The van der Waals surface area contributed by atoms with Crippen LogP contribution in [0.3, 0.4) is 0 Å². The highest BCUT2D eigenvalue weighted by atomic mass is 79.9. The van der Waals surface area contributed by atoms with E-state index in [1.807, 2.05) is 0 Å². The first kappa shape index (κ1) is 11.5. The van der Waals surface area contributed by atoms with Crippen molar-refractivity contribution in [2.45, 2.75) is 12.8 Å². The molecule has 0 unspecified atom stereocenters. The molecule has 0 aliphatic carbocycles. The van der Waals surface area contributed by atoms with Crippen molar-refractivity contribution in [2.75, 3.05) is 0 Å². The highest BCUT2D eigenvalue weighted by Crippen LogP contribution is 2.36. The van der Waals surface area contributed by atoms with Gasteiger partial charge >= 0.3 is 6.18 Å². The molecule has 78 valence electrons. The molecule has 1 aromatic carbocycles. The minimum absolute atomic E-state index is 0.0359. The van der Waals surface area contributed by atoms with Gasteiger partial charge in [-0.2, -0.15) is 13.2 Å². The first-order chi connectivity index (χ1) is 6.38. The van der Waals surface area contributed by atoms with E-state index in [4.69, 9.17) is 5.11 Å². The van der Waals surface area contributed by atoms with Crippen molar-refractivity contribution in [3.05, 3.63) is 33.5 Å². The van der Waals surface area contributed by atoms with Gasteiger partial charge in [-0.05, 0) is 12.1 Å². The van der Waals surface area contributed by atoms with E-state index >= 15 is 0 Å². The molecule has 0 aliphatic heterocycles. The van der Waals surface area contributed by atoms with Gasteiger partial charge in [-0.3, -0.25) is 0 Å². The van der Waals surface area contributed by atoms with Gasteiger partial charge in [0.2, 0.25) is 0 Å². The van der Waals surface area contributed by atoms with Crippen LogP contribution in [0.4, 0.5) is 17.6 Å². The van der Waals surface area contributed by atoms with Crippen LogP contribution in [-0.4, -0.2) is 5.11 Å². The minimum atomic E-state index is -4.80. The van der Waals surface area contributed by atoms with Crippen LogP contribution in [0.5, 0.6) is 0 Å². The highest BCUT2D eigenvalue weighted by Gasteiger charge is 2.37. The number of halogens is 5. The Labute approximate surface area is 85.5 Å². The van der Waals surface area contributed by atoms with E-state index in [1.165, 1.54) is 0 Å². The highest BCUT2D eigenvalue weighted by molar-refractivity contribution is 9.10. The largest absolute Gasteiger partial charge is 0.419 e. The third kappa shape index (κ3) is 2.06. The van der Waals surface area contributed by atoms with E-state index in [0.717, 1.165) is 6.07 Å². The summed E-state index contributed by atoms with van der Waals surface area (Å²) < 4.78 is 49.8. The number of hydrogen-bond donors (Lipinski definition) is 1. The molecule has 6 heteroatoms. The van der Waals surface area contributed by atoms with E-state index < -0.39 is 29.7 Å². The Hall–Kier alpha value is -0.620. The number of rotatable bonds is 1. The lowest BCUT2D eigenvalue weighted by Crippen LogP contribution is -2.12. The molecule has 0 amide bonds. The third-order valence-electron chi connectivity index (χ3n) is 1.65. The van der Waals surface area contributed by atoms with Crippen LogP contribution in [0.1, 0.15) is 11.1 Å². The molecule has 0 radical (unpaired) electrons. The third-order valence-corrected chi connectivity index (χ3v) is 2.39. The standard InChI is InChI=1S/C8H5BrF4O/c9-5-1-2-6(10)7(4(5)3-14)8(11,12)13/h1-2,14H,3H2. The smallest absolute Gasteiger partial charge is 0.392 e. The lowest BCUT2D eigenvalue weighted by atomic mass is 10.1. The summed E-state index contributed by atoms with van der Waals surface area (Å²) in [6, 6.07) is 1.82. The zero-order chi connectivity index (χ0) is 10.9. The summed E-state index contributed by atoms with van der Waals surface area (Å²) >= 11 is 2.81. The van der Waals surface area contributed by atoms with Crippen LogP contribution in [0.2, 0.25) is 0 Å². The lowest BCUT2D eigenvalue weighted by Gasteiger charge is -2.13. The van der Waals surface area contributed by atoms with Gasteiger partial charge in [0.15, 0.2) is 0 Å². The van der Waals surface area contributed by atoms with Crippen molar-refractivity contribution in [1.82, 2.24) is 0 Å². The van der Waals surface area contributed by atoms with Crippen LogP contribution in [-0.2, 0) is 12.8 Å². The number of alkyl halides is 3. The Morgan fingerprint density at radius 1 is 1.29 bits per heavy atom. The first-order valence-corrected chi connectivity index (χ1v) is 4.32. The maximum atomic E-state index is 12.9. The van der Waals surface area contributed by atoms with E-state index in [2.05, 4.69) is 15.9 Å². The van der Waals surface area contributed by atoms with Gasteiger partial charge in [0, 0.05) is 10.0 Å². The van der Waals surface area contributed by atoms with Crippen molar-refractivity contribution in [3.63, 3.8) is 0 Å². The zero-order valence-electron chi connectivity index (χ0n) is 6.70. The molecule has 0 aliphatic rings. The predicted molar refractivity (Wildman–Crippen MR) is 45.0 cm³/mol. The van der Waals surface area contributed by atoms with Crippen molar-refractivity contribution in [1.29, 1.82) is 0 Å². The number of benzene rings is 1. The average molecular weight is 273 g/mol. The average Bonchev–Trinajstić information content (AvgIpc) is 2.06. The Bertz CT molecular complexity index is 348. The van der Waals surface area contributed by atoms with Crippen molar-refractivity contribution >= 4 is 15.9 Å². The zero-order valence-corrected chi connectivity index (χ0v) is 8.28. The summed E-state index contributed by atoms with van der Waals surface area (Å²) in [4.78, 5) is 0. The van der Waals surface area contributed by atoms with Crippen LogP contribution in [0.15, 0.2) is 16.6 Å². The fourth-order valence-electron chi connectivity index (χ4n) is 1.05. The monoisotopic (exact) mass is 272 g/mol. The summed E-state index contributed by atoms with van der Waals surface area (Å²) in [7, 11) is 0. The molecule has 1 rings (SSSR count). The Morgan fingerprint density at radius 2 is 1.86 bits per heavy atom. The molecule has 0 atom stereocenters. The van der Waals surface area contributed by atoms with Gasteiger partial charge in [0.05, 0.1) is 12.2 Å². The van der Waals surface area contributed by atoms with E-state index in [9.17, 15) is 17.6 Å². The fourth-order valence-corrected chi connectivity index (χ4v) is 1.51. The summed E-state index contributed by atoms with van der Waals surface area (Å²) in [5.41, 5.74) is -1.91. The SMILES string of the molecule is OCc1c(Br)ccc(F)c1C(F)(F)F. The molecule has 1 aromatic rings. The molecular weight excluding hydrogens is 268 g/mol. The molecule has 0 aromatic heterocycles. The van der Waals surface area contributed by atoms with Gasteiger partial charge in [0.25, 0.3) is 0 Å². The Balaban J connectivity index is 3.46. The van der Waals surface area contributed by atoms with Gasteiger partial charge in [-0.1, -0.05) is 15.9 Å². The van der Waals surface area contributed by atoms with Crippen molar-refractivity contribution in [3.8, 4) is 0 Å². The normalized spacial score (nSPS) is 11.9. The van der Waals surface area contributed by atoms with Gasteiger partial charge in [-0.15, -0.1) is 0 Å². The van der Waals surface area contributed by atoms with Gasteiger partial charge < -0.3 is 5.11 Å². The number of aliphatic hydroxyl groups is 1. The molecule has 0 spiro atoms. The topological polar surface area (TPSA) is 20.2 Å². The molecule has 0 bridgehead atoms. The van der Waals surface area contributed by atoms with Crippen LogP contribution in [0.25, 0.3) is 0 Å². The second-order valence-corrected chi connectivity index (χ2v) is 3.39. The minimum Gasteiger partial charge on any atom is -0.392 e. The predicted octanol–water partition coefficient (Wildman–Crippen LogP) is 3.10. The fraction of sp³-hybridized carbons (Fsp3) is 0.250.